The number of para-hydroxylation sites is 1. The van der Waals surface area contributed by atoms with Crippen LogP contribution < -0.4 is 5.32 Å². The summed E-state index contributed by atoms with van der Waals surface area (Å²) < 4.78 is 42.2. The molecule has 112 valence electrons. The minimum Gasteiger partial charge on any atom is -0.384 e. The van der Waals surface area contributed by atoms with Crippen LogP contribution in [0, 0.1) is 5.92 Å². The van der Waals surface area contributed by atoms with E-state index in [9.17, 15) is 13.2 Å². The lowest BCUT2D eigenvalue weighted by Gasteiger charge is -2.23. The summed E-state index contributed by atoms with van der Waals surface area (Å²) >= 11 is 0.828. The molecule has 1 fully saturated rings. The number of halogens is 3. The molecule has 1 aromatic carbocycles. The largest absolute Gasteiger partial charge is 0.398 e. The van der Waals surface area contributed by atoms with Gasteiger partial charge in [0.1, 0.15) is 0 Å². The smallest absolute Gasteiger partial charge is 0.384 e. The Kier molecular flexibility index (Phi) is 5.60. The number of ether oxygens (including phenoxy) is 1. The van der Waals surface area contributed by atoms with Crippen molar-refractivity contribution in [2.45, 2.75) is 23.9 Å². The molecule has 1 aliphatic heterocycles. The van der Waals surface area contributed by atoms with Crippen LogP contribution in [0.15, 0.2) is 29.2 Å². The molecule has 20 heavy (non-hydrogen) atoms. The Balaban J connectivity index is 1.89. The fourth-order valence-electron chi connectivity index (χ4n) is 2.10. The van der Waals surface area contributed by atoms with E-state index >= 15 is 0 Å². The first kappa shape index (κ1) is 15.5. The van der Waals surface area contributed by atoms with Crippen LogP contribution in [0.3, 0.4) is 0 Å². The Bertz CT molecular complexity index is 419. The lowest BCUT2D eigenvalue weighted by molar-refractivity contribution is -0.105. The lowest BCUT2D eigenvalue weighted by atomic mass is 10.0. The summed E-state index contributed by atoms with van der Waals surface area (Å²) in [4.78, 5) is 0.650. The quantitative estimate of drug-likeness (QED) is 0.825. The van der Waals surface area contributed by atoms with Crippen molar-refractivity contribution < 1.29 is 17.9 Å². The fourth-order valence-corrected chi connectivity index (χ4v) is 2.89. The van der Waals surface area contributed by atoms with Crippen LogP contribution in [0.5, 0.6) is 0 Å². The summed E-state index contributed by atoms with van der Waals surface area (Å²) in [5.41, 5.74) is 0.785. The van der Waals surface area contributed by atoms with E-state index in [1.807, 2.05) is 12.1 Å². The zero-order valence-electron chi connectivity index (χ0n) is 11.1. The molecule has 1 aliphatic rings. The second-order valence-corrected chi connectivity index (χ2v) is 5.85. The Labute approximate surface area is 121 Å². The third-order valence-corrected chi connectivity index (χ3v) is 4.34. The van der Waals surface area contributed by atoms with Crippen LogP contribution in [-0.2, 0) is 4.74 Å². The maximum atomic E-state index is 12.3. The highest BCUT2D eigenvalue weighted by Crippen LogP contribution is 2.32. The average molecular weight is 305 g/mol. The van der Waals surface area contributed by atoms with E-state index in [1.165, 1.54) is 0 Å². The van der Waals surface area contributed by atoms with Gasteiger partial charge < -0.3 is 10.1 Å². The molecule has 0 spiro atoms. The van der Waals surface area contributed by atoms with E-state index in [0.717, 1.165) is 50.0 Å². The van der Waals surface area contributed by atoms with Gasteiger partial charge in [-0.1, -0.05) is 12.1 Å². The van der Waals surface area contributed by atoms with Gasteiger partial charge in [0.15, 0.2) is 0 Å². The molecule has 0 radical (unpaired) electrons. The Morgan fingerprint density at radius 1 is 1.20 bits per heavy atom. The van der Waals surface area contributed by atoms with E-state index in [-0.39, 0.29) is 0 Å². The predicted molar refractivity (Wildman–Crippen MR) is 75.3 cm³/mol. The minimum absolute atomic E-state index is 0.532. The first-order valence-electron chi connectivity index (χ1n) is 6.65. The summed E-state index contributed by atoms with van der Waals surface area (Å²) in [7, 11) is 0. The zero-order chi connectivity index (χ0) is 14.4. The molecule has 6 heteroatoms. The average Bonchev–Trinajstić information content (AvgIpc) is 2.44. The minimum atomic E-state index is -4.14. The molecular weight excluding hydrogens is 287 g/mol. The van der Waals surface area contributed by atoms with E-state index in [1.54, 1.807) is 12.1 Å². The Hall–Kier alpha value is -0.880. The van der Waals surface area contributed by atoms with Gasteiger partial charge in [0.25, 0.3) is 0 Å². The van der Waals surface area contributed by atoms with Gasteiger partial charge in [-0.2, -0.15) is 13.2 Å². The van der Waals surface area contributed by atoms with Crippen molar-refractivity contribution in [3.63, 3.8) is 0 Å². The number of hydrogen-bond acceptors (Lipinski definition) is 3. The maximum Gasteiger partial charge on any atom is 0.398 e. The molecule has 0 bridgehead atoms. The number of benzene rings is 1. The van der Waals surface area contributed by atoms with Crippen LogP contribution in [0.25, 0.3) is 0 Å². The monoisotopic (exact) mass is 305 g/mol. The number of hydrogen-bond donors (Lipinski definition) is 1. The normalized spacial score (nSPS) is 17.1. The van der Waals surface area contributed by atoms with Crippen molar-refractivity contribution in [2.24, 2.45) is 5.92 Å². The highest BCUT2D eigenvalue weighted by Gasteiger charge is 2.27. The van der Waals surface area contributed by atoms with Crippen LogP contribution in [-0.4, -0.2) is 31.7 Å². The summed E-state index contributed by atoms with van der Waals surface area (Å²) in [6.45, 7) is 2.33. The van der Waals surface area contributed by atoms with Crippen molar-refractivity contribution in [1.29, 1.82) is 0 Å². The summed E-state index contributed by atoms with van der Waals surface area (Å²) in [6.07, 6.45) is -2.13. The van der Waals surface area contributed by atoms with Crippen molar-refractivity contribution in [1.82, 2.24) is 0 Å². The molecule has 1 N–H and O–H groups in total. The van der Waals surface area contributed by atoms with E-state index in [2.05, 4.69) is 5.32 Å². The Morgan fingerprint density at radius 2 is 1.90 bits per heavy atom. The first-order valence-corrected chi connectivity index (χ1v) is 7.63. The number of anilines is 1. The topological polar surface area (TPSA) is 21.3 Å². The van der Waals surface area contributed by atoms with Gasteiger partial charge in [-0.3, -0.25) is 0 Å². The lowest BCUT2D eigenvalue weighted by Crippen LogP contribution is -2.22. The fraction of sp³-hybridized carbons (Fsp3) is 0.571. The van der Waals surface area contributed by atoms with E-state index in [0.29, 0.717) is 10.8 Å². The van der Waals surface area contributed by atoms with E-state index < -0.39 is 11.9 Å². The molecule has 0 atom stereocenters. The molecule has 1 aromatic rings. The van der Waals surface area contributed by atoms with Gasteiger partial charge in [0, 0.05) is 30.3 Å². The van der Waals surface area contributed by atoms with Crippen LogP contribution >= 0.6 is 11.8 Å². The number of nitrogens with one attached hydrogen (secondary N) is 1. The standard InChI is InChI=1S/C14H18F3NOS/c15-14(16,17)10-20-13-4-2-1-3-12(13)18-9-11-5-7-19-8-6-11/h1-4,11,18H,5-10H2. The SMILES string of the molecule is FC(F)(F)CSc1ccccc1NCC1CCOCC1. The summed E-state index contributed by atoms with van der Waals surface area (Å²) in [5.74, 6) is -0.326. The zero-order valence-corrected chi connectivity index (χ0v) is 11.9. The first-order chi connectivity index (χ1) is 9.54. The third-order valence-electron chi connectivity index (χ3n) is 3.20. The van der Waals surface area contributed by atoms with Gasteiger partial charge in [-0.15, -0.1) is 11.8 Å². The summed E-state index contributed by atoms with van der Waals surface area (Å²) in [6, 6.07) is 7.16. The molecule has 0 unspecified atom stereocenters. The molecule has 0 amide bonds. The summed E-state index contributed by atoms with van der Waals surface area (Å²) in [5, 5.41) is 3.28. The Morgan fingerprint density at radius 3 is 2.60 bits per heavy atom. The number of thioether (sulfide) groups is 1. The molecule has 0 aromatic heterocycles. The van der Waals surface area contributed by atoms with Gasteiger partial charge in [0.2, 0.25) is 0 Å². The van der Waals surface area contributed by atoms with Crippen LogP contribution in [0.2, 0.25) is 0 Å². The number of rotatable bonds is 5. The van der Waals surface area contributed by atoms with Crippen LogP contribution in [0.4, 0.5) is 18.9 Å². The van der Waals surface area contributed by atoms with E-state index in [4.69, 9.17) is 4.74 Å². The molecule has 2 nitrogen and oxygen atoms in total. The number of alkyl halides is 3. The molecule has 0 saturated carbocycles. The second kappa shape index (κ2) is 7.22. The third kappa shape index (κ3) is 5.25. The van der Waals surface area contributed by atoms with Crippen molar-refractivity contribution in [2.75, 3.05) is 30.8 Å². The molecular formula is C14H18F3NOS. The second-order valence-electron chi connectivity index (χ2n) is 4.84. The van der Waals surface area contributed by atoms with Crippen molar-refractivity contribution >= 4 is 17.4 Å². The molecule has 1 heterocycles. The molecule has 1 saturated heterocycles. The van der Waals surface area contributed by atoms with Gasteiger partial charge >= 0.3 is 6.18 Å². The molecule has 2 rings (SSSR count). The maximum absolute atomic E-state index is 12.3. The van der Waals surface area contributed by atoms with Crippen LogP contribution in [0.1, 0.15) is 12.8 Å². The van der Waals surface area contributed by atoms with Gasteiger partial charge in [-0.25, -0.2) is 0 Å². The van der Waals surface area contributed by atoms with Gasteiger partial charge in [0.05, 0.1) is 5.75 Å². The predicted octanol–water partition coefficient (Wildman–Crippen LogP) is 4.18. The van der Waals surface area contributed by atoms with Crippen molar-refractivity contribution in [3.05, 3.63) is 24.3 Å². The highest BCUT2D eigenvalue weighted by molar-refractivity contribution is 7.99. The molecule has 0 aliphatic carbocycles. The van der Waals surface area contributed by atoms with Gasteiger partial charge in [-0.05, 0) is 30.9 Å². The highest BCUT2D eigenvalue weighted by atomic mass is 32.2. The van der Waals surface area contributed by atoms with Crippen molar-refractivity contribution in [3.8, 4) is 0 Å².